The quantitative estimate of drug-likeness (QED) is 0.848. The first-order valence-corrected chi connectivity index (χ1v) is 9.07. The Bertz CT molecular complexity index is 630. The van der Waals surface area contributed by atoms with Gasteiger partial charge in [0.05, 0.1) is 18.6 Å². The number of carbonyl (C=O) groups excluding carboxylic acids is 1. The van der Waals surface area contributed by atoms with Crippen LogP contribution < -0.4 is 10.1 Å². The number of carbonyl (C=O) groups is 1. The second kappa shape index (κ2) is 7.00. The molecule has 122 valence electrons. The molecule has 1 fully saturated rings. The van der Waals surface area contributed by atoms with Crippen LogP contribution in [0.15, 0.2) is 24.3 Å². The zero-order chi connectivity index (χ0) is 16.2. The van der Waals surface area contributed by atoms with Crippen LogP contribution in [0.1, 0.15) is 12.8 Å². The largest absolute Gasteiger partial charge is 0.497 e. The minimum Gasteiger partial charge on any atom is -0.497 e. The van der Waals surface area contributed by atoms with E-state index in [0.717, 1.165) is 11.4 Å². The van der Waals surface area contributed by atoms with Crippen molar-refractivity contribution in [3.63, 3.8) is 0 Å². The van der Waals surface area contributed by atoms with Crippen LogP contribution in [0.25, 0.3) is 0 Å². The van der Waals surface area contributed by atoms with Gasteiger partial charge in [-0.2, -0.15) is 0 Å². The SMILES string of the molecule is COc1cccc(NCCC(=O)N(C)C2CCS(=O)(=O)C2)c1. The number of rotatable bonds is 6. The molecule has 6 nitrogen and oxygen atoms in total. The Morgan fingerprint density at radius 2 is 2.23 bits per heavy atom. The van der Waals surface area contributed by atoms with Gasteiger partial charge in [-0.1, -0.05) is 6.07 Å². The van der Waals surface area contributed by atoms with E-state index in [9.17, 15) is 13.2 Å². The lowest BCUT2D eigenvalue weighted by atomic mass is 10.2. The van der Waals surface area contributed by atoms with Crippen molar-refractivity contribution in [1.29, 1.82) is 0 Å². The standard InChI is InChI=1S/C15H22N2O4S/c1-17(13-7-9-22(19,20)11-13)15(18)6-8-16-12-4-3-5-14(10-12)21-2/h3-5,10,13,16H,6-9,11H2,1-2H3. The molecule has 0 saturated carbocycles. The number of nitrogens with zero attached hydrogens (tertiary/aromatic N) is 1. The molecule has 22 heavy (non-hydrogen) atoms. The first-order chi connectivity index (χ1) is 10.4. The Morgan fingerprint density at radius 3 is 2.86 bits per heavy atom. The molecule has 0 bridgehead atoms. The van der Waals surface area contributed by atoms with Crippen LogP contribution in [0.2, 0.25) is 0 Å². The van der Waals surface area contributed by atoms with E-state index in [2.05, 4.69) is 5.32 Å². The molecule has 1 heterocycles. The van der Waals surface area contributed by atoms with E-state index in [1.165, 1.54) is 0 Å². The van der Waals surface area contributed by atoms with Crippen LogP contribution in [0.4, 0.5) is 5.69 Å². The summed E-state index contributed by atoms with van der Waals surface area (Å²) < 4.78 is 28.1. The molecule has 1 atom stereocenters. The Kier molecular flexibility index (Phi) is 5.28. The smallest absolute Gasteiger partial charge is 0.224 e. The molecule has 2 rings (SSSR count). The minimum absolute atomic E-state index is 0.0440. The third-order valence-corrected chi connectivity index (χ3v) is 5.64. The molecule has 0 aliphatic carbocycles. The molecular formula is C15H22N2O4S. The first-order valence-electron chi connectivity index (χ1n) is 7.25. The van der Waals surface area contributed by atoms with Crippen LogP contribution in [-0.4, -0.2) is 57.5 Å². The zero-order valence-corrected chi connectivity index (χ0v) is 13.7. The maximum absolute atomic E-state index is 12.1. The fourth-order valence-corrected chi connectivity index (χ4v) is 4.28. The summed E-state index contributed by atoms with van der Waals surface area (Å²) in [5, 5.41) is 3.17. The second-order valence-corrected chi connectivity index (χ2v) is 7.70. The number of methoxy groups -OCH3 is 1. The van der Waals surface area contributed by atoms with E-state index >= 15 is 0 Å². The van der Waals surface area contributed by atoms with E-state index in [-0.39, 0.29) is 23.5 Å². The maximum Gasteiger partial charge on any atom is 0.224 e. The van der Waals surface area contributed by atoms with E-state index < -0.39 is 9.84 Å². The summed E-state index contributed by atoms with van der Waals surface area (Å²) in [6.45, 7) is 0.496. The average molecular weight is 326 g/mol. The third-order valence-electron chi connectivity index (χ3n) is 3.89. The molecule has 1 aliphatic rings. The fourth-order valence-electron chi connectivity index (χ4n) is 2.51. The number of benzene rings is 1. The summed E-state index contributed by atoms with van der Waals surface area (Å²) in [5.41, 5.74) is 0.887. The molecular weight excluding hydrogens is 304 g/mol. The molecule has 0 radical (unpaired) electrons. The number of anilines is 1. The van der Waals surface area contributed by atoms with Crippen LogP contribution in [0.3, 0.4) is 0 Å². The highest BCUT2D eigenvalue weighted by atomic mass is 32.2. The number of sulfone groups is 1. The van der Waals surface area contributed by atoms with Crippen molar-refractivity contribution in [2.45, 2.75) is 18.9 Å². The molecule has 0 spiro atoms. The minimum atomic E-state index is -2.97. The summed E-state index contributed by atoms with van der Waals surface area (Å²) in [6.07, 6.45) is 0.859. The molecule has 1 amide bonds. The lowest BCUT2D eigenvalue weighted by Crippen LogP contribution is -2.38. The van der Waals surface area contributed by atoms with Crippen LogP contribution >= 0.6 is 0 Å². The van der Waals surface area contributed by atoms with Gasteiger partial charge in [-0.05, 0) is 18.6 Å². The molecule has 0 aromatic heterocycles. The Balaban J connectivity index is 1.80. The van der Waals surface area contributed by atoms with Gasteiger partial charge in [0.2, 0.25) is 5.91 Å². The average Bonchev–Trinajstić information content (AvgIpc) is 2.86. The van der Waals surface area contributed by atoms with Gasteiger partial charge in [0.15, 0.2) is 9.84 Å². The van der Waals surface area contributed by atoms with Crippen molar-refractivity contribution in [2.75, 3.05) is 37.5 Å². The van der Waals surface area contributed by atoms with Crippen molar-refractivity contribution >= 4 is 21.4 Å². The number of nitrogens with one attached hydrogen (secondary N) is 1. The van der Waals surface area contributed by atoms with Gasteiger partial charge >= 0.3 is 0 Å². The summed E-state index contributed by atoms with van der Waals surface area (Å²) in [7, 11) is 0.316. The number of amides is 1. The molecule has 7 heteroatoms. The van der Waals surface area contributed by atoms with Gasteiger partial charge in [-0.15, -0.1) is 0 Å². The number of ether oxygens (including phenoxy) is 1. The van der Waals surface area contributed by atoms with Crippen LogP contribution in [0.5, 0.6) is 5.75 Å². The van der Waals surface area contributed by atoms with Crippen molar-refractivity contribution in [2.24, 2.45) is 0 Å². The van der Waals surface area contributed by atoms with Gasteiger partial charge < -0.3 is 15.0 Å². The fraction of sp³-hybridized carbons (Fsp3) is 0.533. The molecule has 1 unspecified atom stereocenters. The van der Waals surface area contributed by atoms with Gasteiger partial charge in [-0.3, -0.25) is 4.79 Å². The Morgan fingerprint density at radius 1 is 1.45 bits per heavy atom. The topological polar surface area (TPSA) is 75.7 Å². The summed E-state index contributed by atoms with van der Waals surface area (Å²) >= 11 is 0. The molecule has 1 aromatic carbocycles. The predicted octanol–water partition coefficient (Wildman–Crippen LogP) is 1.14. The summed E-state index contributed by atoms with van der Waals surface area (Å²) in [4.78, 5) is 13.7. The highest BCUT2D eigenvalue weighted by Gasteiger charge is 2.32. The van der Waals surface area contributed by atoms with Crippen LogP contribution in [0, 0.1) is 0 Å². The summed E-state index contributed by atoms with van der Waals surface area (Å²) in [6, 6.07) is 7.30. The van der Waals surface area contributed by atoms with E-state index in [4.69, 9.17) is 4.74 Å². The van der Waals surface area contributed by atoms with Crippen molar-refractivity contribution < 1.29 is 17.9 Å². The lowest BCUT2D eigenvalue weighted by Gasteiger charge is -2.23. The van der Waals surface area contributed by atoms with Crippen molar-refractivity contribution in [3.8, 4) is 5.75 Å². The van der Waals surface area contributed by atoms with Gasteiger partial charge in [0.1, 0.15) is 5.75 Å². The zero-order valence-electron chi connectivity index (χ0n) is 12.9. The normalized spacial score (nSPS) is 19.6. The molecule has 1 N–H and O–H groups in total. The van der Waals surface area contributed by atoms with Gasteiger partial charge in [0.25, 0.3) is 0 Å². The molecule has 1 aliphatic heterocycles. The summed E-state index contributed by atoms with van der Waals surface area (Å²) in [5.74, 6) is 0.970. The number of hydrogen-bond donors (Lipinski definition) is 1. The first kappa shape index (κ1) is 16.6. The second-order valence-electron chi connectivity index (χ2n) is 5.47. The third kappa shape index (κ3) is 4.37. The molecule has 1 saturated heterocycles. The van der Waals surface area contributed by atoms with Crippen LogP contribution in [-0.2, 0) is 14.6 Å². The van der Waals surface area contributed by atoms with Gasteiger partial charge in [-0.25, -0.2) is 8.42 Å². The highest BCUT2D eigenvalue weighted by molar-refractivity contribution is 7.91. The van der Waals surface area contributed by atoms with Gasteiger partial charge in [0, 0.05) is 37.8 Å². The number of hydrogen-bond acceptors (Lipinski definition) is 5. The Hall–Kier alpha value is -1.76. The Labute approximate surface area is 131 Å². The highest BCUT2D eigenvalue weighted by Crippen LogP contribution is 2.18. The van der Waals surface area contributed by atoms with Crippen molar-refractivity contribution in [3.05, 3.63) is 24.3 Å². The monoisotopic (exact) mass is 326 g/mol. The predicted molar refractivity (Wildman–Crippen MR) is 85.9 cm³/mol. The van der Waals surface area contributed by atoms with E-state index in [0.29, 0.717) is 19.4 Å². The lowest BCUT2D eigenvalue weighted by molar-refractivity contribution is -0.131. The maximum atomic E-state index is 12.1. The van der Waals surface area contributed by atoms with E-state index in [1.807, 2.05) is 24.3 Å². The molecule has 1 aromatic rings. The van der Waals surface area contributed by atoms with Crippen molar-refractivity contribution in [1.82, 2.24) is 4.90 Å². The van der Waals surface area contributed by atoms with E-state index in [1.54, 1.807) is 19.1 Å².